The Labute approximate surface area is 138 Å². The molecule has 0 bridgehead atoms. The van der Waals surface area contributed by atoms with E-state index in [4.69, 9.17) is 0 Å². The highest BCUT2D eigenvalue weighted by Gasteiger charge is 2.42. The molecule has 5 heteroatoms. The summed E-state index contributed by atoms with van der Waals surface area (Å²) < 4.78 is 1.05. The van der Waals surface area contributed by atoms with Gasteiger partial charge in [0.15, 0.2) is 0 Å². The minimum Gasteiger partial charge on any atom is -0.384 e. The first-order valence-electron chi connectivity index (χ1n) is 6.69. The van der Waals surface area contributed by atoms with Crippen molar-refractivity contribution in [3.63, 3.8) is 0 Å². The fourth-order valence-electron chi connectivity index (χ4n) is 1.96. The molecule has 112 valence electrons. The number of aromatic nitrogens is 2. The van der Waals surface area contributed by atoms with Gasteiger partial charge in [-0.3, -0.25) is 0 Å². The fraction of sp³-hybridized carbons (Fsp3) is 0.375. The van der Waals surface area contributed by atoms with Crippen LogP contribution in [0, 0.1) is 5.41 Å². The Balaban J connectivity index is 2.24. The van der Waals surface area contributed by atoms with Crippen LogP contribution in [0.25, 0.3) is 0 Å². The molecule has 0 amide bonds. The molecule has 1 atom stereocenters. The maximum atomic E-state index is 11.2. The highest BCUT2D eigenvalue weighted by molar-refractivity contribution is 9.10. The van der Waals surface area contributed by atoms with Crippen molar-refractivity contribution in [2.75, 3.05) is 5.75 Å². The van der Waals surface area contributed by atoms with Crippen molar-refractivity contribution in [3.05, 3.63) is 53.0 Å². The van der Waals surface area contributed by atoms with Crippen LogP contribution < -0.4 is 0 Å². The van der Waals surface area contributed by atoms with Crippen LogP contribution in [0.5, 0.6) is 0 Å². The van der Waals surface area contributed by atoms with Crippen LogP contribution in [-0.2, 0) is 5.60 Å². The topological polar surface area (TPSA) is 46.0 Å². The Kier molecular flexibility index (Phi) is 5.07. The number of benzene rings is 1. The lowest BCUT2D eigenvalue weighted by atomic mass is 9.74. The Morgan fingerprint density at radius 1 is 1.10 bits per heavy atom. The predicted molar refractivity (Wildman–Crippen MR) is 90.2 cm³/mol. The Bertz CT molecular complexity index is 583. The molecule has 0 spiro atoms. The van der Waals surface area contributed by atoms with Gasteiger partial charge < -0.3 is 5.11 Å². The first-order chi connectivity index (χ1) is 9.83. The van der Waals surface area contributed by atoms with Crippen molar-refractivity contribution in [2.45, 2.75) is 31.3 Å². The minimum atomic E-state index is -0.994. The number of rotatable bonds is 4. The second-order valence-corrected chi connectivity index (χ2v) is 7.94. The normalized spacial score (nSPS) is 14.7. The summed E-state index contributed by atoms with van der Waals surface area (Å²) >= 11 is 5.06. The molecule has 0 aliphatic heterocycles. The summed E-state index contributed by atoms with van der Waals surface area (Å²) in [5.41, 5.74) is -0.561. The molecule has 1 aromatic carbocycles. The van der Waals surface area contributed by atoms with Crippen molar-refractivity contribution >= 4 is 27.7 Å². The first kappa shape index (κ1) is 16.5. The van der Waals surface area contributed by atoms with Gasteiger partial charge in [-0.05, 0) is 29.7 Å². The SMILES string of the molecule is CC(C)(C)C(O)(CSc1ccc(Br)cc1)c1cncnc1. The molecule has 0 aliphatic carbocycles. The van der Waals surface area contributed by atoms with E-state index in [-0.39, 0.29) is 5.41 Å². The molecule has 0 saturated heterocycles. The van der Waals surface area contributed by atoms with Crippen molar-refractivity contribution in [1.29, 1.82) is 0 Å². The summed E-state index contributed by atoms with van der Waals surface area (Å²) in [5.74, 6) is 0.547. The summed E-state index contributed by atoms with van der Waals surface area (Å²) in [6.07, 6.45) is 4.87. The van der Waals surface area contributed by atoms with Crippen LogP contribution >= 0.6 is 27.7 Å². The molecule has 1 heterocycles. The summed E-state index contributed by atoms with van der Waals surface area (Å²) in [5, 5.41) is 11.2. The zero-order valence-electron chi connectivity index (χ0n) is 12.4. The van der Waals surface area contributed by atoms with Gasteiger partial charge in [-0.15, -0.1) is 11.8 Å². The zero-order valence-corrected chi connectivity index (χ0v) is 14.8. The molecule has 3 nitrogen and oxygen atoms in total. The van der Waals surface area contributed by atoms with Crippen LogP contribution in [0.1, 0.15) is 26.3 Å². The molecule has 1 aromatic heterocycles. The first-order valence-corrected chi connectivity index (χ1v) is 8.47. The molecule has 2 aromatic rings. The number of nitrogens with zero attached hydrogens (tertiary/aromatic N) is 2. The number of hydrogen-bond acceptors (Lipinski definition) is 4. The Morgan fingerprint density at radius 2 is 1.67 bits per heavy atom. The van der Waals surface area contributed by atoms with E-state index in [1.807, 2.05) is 45.0 Å². The van der Waals surface area contributed by atoms with Crippen molar-refractivity contribution < 1.29 is 5.11 Å². The van der Waals surface area contributed by atoms with E-state index in [0.29, 0.717) is 5.75 Å². The lowest BCUT2D eigenvalue weighted by Gasteiger charge is -2.40. The van der Waals surface area contributed by atoms with Crippen LogP contribution in [-0.4, -0.2) is 20.8 Å². The van der Waals surface area contributed by atoms with Gasteiger partial charge in [-0.2, -0.15) is 0 Å². The van der Waals surface area contributed by atoms with Crippen molar-refractivity contribution in [1.82, 2.24) is 9.97 Å². The zero-order chi connectivity index (χ0) is 15.5. The van der Waals surface area contributed by atoms with E-state index in [9.17, 15) is 5.11 Å². The molecule has 2 rings (SSSR count). The highest BCUT2D eigenvalue weighted by Crippen LogP contribution is 2.42. The van der Waals surface area contributed by atoms with Gasteiger partial charge in [0, 0.05) is 33.1 Å². The quantitative estimate of drug-likeness (QED) is 0.820. The van der Waals surface area contributed by atoms with Crippen LogP contribution in [0.3, 0.4) is 0 Å². The van der Waals surface area contributed by atoms with Gasteiger partial charge in [-0.1, -0.05) is 36.7 Å². The third kappa shape index (κ3) is 3.84. The largest absolute Gasteiger partial charge is 0.384 e. The van der Waals surface area contributed by atoms with Gasteiger partial charge in [0.25, 0.3) is 0 Å². The summed E-state index contributed by atoms with van der Waals surface area (Å²) in [4.78, 5) is 9.21. The summed E-state index contributed by atoms with van der Waals surface area (Å²) in [6, 6.07) is 8.09. The molecule has 0 radical (unpaired) electrons. The smallest absolute Gasteiger partial charge is 0.115 e. The Hall–Kier alpha value is -0.910. The summed E-state index contributed by atoms with van der Waals surface area (Å²) in [6.45, 7) is 6.09. The fourth-order valence-corrected chi connectivity index (χ4v) is 3.53. The monoisotopic (exact) mass is 366 g/mol. The lowest BCUT2D eigenvalue weighted by Crippen LogP contribution is -2.42. The van der Waals surface area contributed by atoms with E-state index in [2.05, 4.69) is 25.9 Å². The maximum Gasteiger partial charge on any atom is 0.115 e. The van der Waals surface area contributed by atoms with E-state index in [1.165, 1.54) is 6.33 Å². The average Bonchev–Trinajstić information content (AvgIpc) is 2.46. The van der Waals surface area contributed by atoms with Gasteiger partial charge in [0.2, 0.25) is 0 Å². The molecule has 0 aliphatic rings. The number of thioether (sulfide) groups is 1. The predicted octanol–water partition coefficient (Wildman–Crippen LogP) is 4.27. The van der Waals surface area contributed by atoms with Crippen molar-refractivity contribution in [2.24, 2.45) is 5.41 Å². The lowest BCUT2D eigenvalue weighted by molar-refractivity contribution is -0.0428. The van der Waals surface area contributed by atoms with Crippen LogP contribution in [0.4, 0.5) is 0 Å². The number of halogens is 1. The van der Waals surface area contributed by atoms with Gasteiger partial charge in [-0.25, -0.2) is 9.97 Å². The van der Waals surface area contributed by atoms with E-state index in [1.54, 1.807) is 24.2 Å². The third-order valence-electron chi connectivity index (χ3n) is 3.54. The average molecular weight is 367 g/mol. The number of aliphatic hydroxyl groups is 1. The molecule has 21 heavy (non-hydrogen) atoms. The third-order valence-corrected chi connectivity index (χ3v) is 5.24. The van der Waals surface area contributed by atoms with Gasteiger partial charge in [0.05, 0.1) is 0 Å². The standard InChI is InChI=1S/C16H19BrN2OS/c1-15(2,3)16(20,12-8-18-11-19-9-12)10-21-14-6-4-13(17)5-7-14/h4-9,11,20H,10H2,1-3H3. The molecular weight excluding hydrogens is 348 g/mol. The van der Waals surface area contributed by atoms with E-state index < -0.39 is 5.60 Å². The molecule has 1 unspecified atom stereocenters. The molecule has 0 saturated carbocycles. The summed E-state index contributed by atoms with van der Waals surface area (Å²) in [7, 11) is 0. The van der Waals surface area contributed by atoms with Crippen LogP contribution in [0.15, 0.2) is 52.4 Å². The van der Waals surface area contributed by atoms with Gasteiger partial charge >= 0.3 is 0 Å². The molecular formula is C16H19BrN2OS. The minimum absolute atomic E-state index is 0.319. The van der Waals surface area contributed by atoms with Crippen molar-refractivity contribution in [3.8, 4) is 0 Å². The number of hydrogen-bond donors (Lipinski definition) is 1. The Morgan fingerprint density at radius 3 is 2.19 bits per heavy atom. The second-order valence-electron chi connectivity index (χ2n) is 5.98. The highest BCUT2D eigenvalue weighted by atomic mass is 79.9. The second kappa shape index (κ2) is 6.46. The van der Waals surface area contributed by atoms with E-state index >= 15 is 0 Å². The van der Waals surface area contributed by atoms with E-state index in [0.717, 1.165) is 14.9 Å². The maximum absolute atomic E-state index is 11.2. The molecule has 1 N–H and O–H groups in total. The van der Waals surface area contributed by atoms with Gasteiger partial charge in [0.1, 0.15) is 11.9 Å². The molecule has 0 fully saturated rings. The van der Waals surface area contributed by atoms with Crippen LogP contribution in [0.2, 0.25) is 0 Å².